The highest BCUT2D eigenvalue weighted by Gasteiger charge is 2.21. The number of rotatable bonds is 5. The SMILES string of the molecule is CCOC(=O)c1cccc(C(=O)C(C)Br)c1CCl. The fourth-order valence-electron chi connectivity index (χ4n) is 1.58. The first kappa shape index (κ1) is 15.2. The number of halogens is 2. The Kier molecular flexibility index (Phi) is 5.82. The third-order valence-electron chi connectivity index (χ3n) is 2.43. The molecule has 0 amide bonds. The summed E-state index contributed by atoms with van der Waals surface area (Å²) in [6.45, 7) is 3.75. The summed E-state index contributed by atoms with van der Waals surface area (Å²) in [6, 6.07) is 4.94. The molecule has 1 aromatic rings. The van der Waals surface area contributed by atoms with E-state index in [0.717, 1.165) is 0 Å². The van der Waals surface area contributed by atoms with E-state index in [0.29, 0.717) is 16.7 Å². The second-order valence-corrected chi connectivity index (χ2v) is 5.31. The summed E-state index contributed by atoms with van der Waals surface area (Å²) in [4.78, 5) is 23.4. The van der Waals surface area contributed by atoms with Crippen LogP contribution in [0.2, 0.25) is 0 Å². The highest BCUT2D eigenvalue weighted by atomic mass is 79.9. The van der Waals surface area contributed by atoms with Crippen LogP contribution >= 0.6 is 27.5 Å². The fraction of sp³-hybridized carbons (Fsp3) is 0.385. The van der Waals surface area contributed by atoms with E-state index in [2.05, 4.69) is 15.9 Å². The molecule has 1 aromatic carbocycles. The molecule has 98 valence electrons. The third kappa shape index (κ3) is 3.33. The van der Waals surface area contributed by atoms with E-state index in [1.54, 1.807) is 32.0 Å². The van der Waals surface area contributed by atoms with Crippen molar-refractivity contribution in [2.45, 2.75) is 24.6 Å². The normalized spacial score (nSPS) is 12.0. The van der Waals surface area contributed by atoms with Crippen molar-refractivity contribution < 1.29 is 14.3 Å². The molecule has 0 aliphatic rings. The molecule has 1 rings (SSSR count). The number of ether oxygens (including phenoxy) is 1. The Bertz CT molecular complexity index is 458. The Balaban J connectivity index is 3.26. The Morgan fingerprint density at radius 3 is 2.50 bits per heavy atom. The Morgan fingerprint density at radius 2 is 2.00 bits per heavy atom. The predicted molar refractivity (Wildman–Crippen MR) is 74.7 cm³/mol. The van der Waals surface area contributed by atoms with Crippen LogP contribution in [-0.2, 0) is 10.6 Å². The minimum atomic E-state index is -0.454. The van der Waals surface area contributed by atoms with E-state index < -0.39 is 5.97 Å². The van der Waals surface area contributed by atoms with Gasteiger partial charge >= 0.3 is 5.97 Å². The molecule has 0 fully saturated rings. The number of carbonyl (C=O) groups is 2. The number of hydrogen-bond acceptors (Lipinski definition) is 3. The zero-order chi connectivity index (χ0) is 13.7. The molecule has 0 N–H and O–H groups in total. The van der Waals surface area contributed by atoms with Crippen LogP contribution in [0.25, 0.3) is 0 Å². The number of carbonyl (C=O) groups excluding carboxylic acids is 2. The lowest BCUT2D eigenvalue weighted by Gasteiger charge is -2.12. The maximum atomic E-state index is 12.0. The molecular formula is C13H14BrClO3. The molecule has 0 spiro atoms. The second kappa shape index (κ2) is 6.90. The zero-order valence-corrected chi connectivity index (χ0v) is 12.5. The lowest BCUT2D eigenvalue weighted by molar-refractivity contribution is 0.0525. The quantitative estimate of drug-likeness (QED) is 0.470. The summed E-state index contributed by atoms with van der Waals surface area (Å²) in [7, 11) is 0. The molecule has 0 bridgehead atoms. The van der Waals surface area contributed by atoms with Gasteiger partial charge in [-0.15, -0.1) is 11.6 Å². The molecule has 0 heterocycles. The molecule has 5 heteroatoms. The van der Waals surface area contributed by atoms with Gasteiger partial charge in [0.05, 0.1) is 17.0 Å². The van der Waals surface area contributed by atoms with Crippen molar-refractivity contribution in [3.05, 3.63) is 34.9 Å². The van der Waals surface area contributed by atoms with Crippen LogP contribution in [-0.4, -0.2) is 23.2 Å². The second-order valence-electron chi connectivity index (χ2n) is 3.67. The summed E-state index contributed by atoms with van der Waals surface area (Å²) in [5.41, 5.74) is 1.33. The zero-order valence-electron chi connectivity index (χ0n) is 10.2. The van der Waals surface area contributed by atoms with Crippen molar-refractivity contribution >= 4 is 39.3 Å². The highest BCUT2D eigenvalue weighted by molar-refractivity contribution is 9.10. The molecule has 3 nitrogen and oxygen atoms in total. The van der Waals surface area contributed by atoms with Gasteiger partial charge in [-0.1, -0.05) is 28.1 Å². The van der Waals surface area contributed by atoms with Crippen LogP contribution in [0.15, 0.2) is 18.2 Å². The average molecular weight is 334 g/mol. The van der Waals surface area contributed by atoms with Gasteiger partial charge in [0.1, 0.15) is 0 Å². The molecule has 18 heavy (non-hydrogen) atoms. The third-order valence-corrected chi connectivity index (χ3v) is 3.11. The largest absolute Gasteiger partial charge is 0.462 e. The molecule has 0 saturated carbocycles. The number of esters is 1. The number of hydrogen-bond donors (Lipinski definition) is 0. The minimum Gasteiger partial charge on any atom is -0.462 e. The lowest BCUT2D eigenvalue weighted by Crippen LogP contribution is -2.16. The number of ketones is 1. The standard InChI is InChI=1S/C13H14BrClO3/c1-3-18-13(17)10-6-4-5-9(11(10)7-15)12(16)8(2)14/h4-6,8H,3,7H2,1-2H3. The van der Waals surface area contributed by atoms with Gasteiger partial charge in [-0.05, 0) is 25.5 Å². The monoisotopic (exact) mass is 332 g/mol. The maximum absolute atomic E-state index is 12.0. The van der Waals surface area contributed by atoms with Gasteiger partial charge in [-0.25, -0.2) is 4.79 Å². The van der Waals surface area contributed by atoms with Gasteiger partial charge in [0.2, 0.25) is 0 Å². The van der Waals surface area contributed by atoms with E-state index in [1.165, 1.54) is 0 Å². The molecule has 0 aliphatic carbocycles. The average Bonchev–Trinajstić information content (AvgIpc) is 2.36. The van der Waals surface area contributed by atoms with Crippen LogP contribution in [0.1, 0.15) is 40.1 Å². The topological polar surface area (TPSA) is 43.4 Å². The molecular weight excluding hydrogens is 319 g/mol. The van der Waals surface area contributed by atoms with Gasteiger partial charge < -0.3 is 4.74 Å². The van der Waals surface area contributed by atoms with Crippen molar-refractivity contribution in [1.29, 1.82) is 0 Å². The highest BCUT2D eigenvalue weighted by Crippen LogP contribution is 2.21. The van der Waals surface area contributed by atoms with E-state index in [9.17, 15) is 9.59 Å². The van der Waals surface area contributed by atoms with E-state index >= 15 is 0 Å². The lowest BCUT2D eigenvalue weighted by atomic mass is 9.98. The minimum absolute atomic E-state index is 0.0930. The van der Waals surface area contributed by atoms with E-state index in [1.807, 2.05) is 0 Å². The first-order valence-corrected chi connectivity index (χ1v) is 7.01. The van der Waals surface area contributed by atoms with Crippen molar-refractivity contribution in [3.63, 3.8) is 0 Å². The maximum Gasteiger partial charge on any atom is 0.338 e. The van der Waals surface area contributed by atoms with Gasteiger partial charge in [-0.3, -0.25) is 4.79 Å². The van der Waals surface area contributed by atoms with E-state index in [4.69, 9.17) is 16.3 Å². The number of alkyl halides is 2. The molecule has 0 aromatic heterocycles. The Morgan fingerprint density at radius 1 is 1.39 bits per heavy atom. The molecule has 0 radical (unpaired) electrons. The summed E-state index contributed by atoms with van der Waals surface area (Å²) in [5, 5.41) is 0. The van der Waals surface area contributed by atoms with Crippen LogP contribution in [0.3, 0.4) is 0 Å². The Hall–Kier alpha value is -0.870. The van der Waals surface area contributed by atoms with Crippen molar-refractivity contribution in [1.82, 2.24) is 0 Å². The molecule has 0 saturated heterocycles. The summed E-state index contributed by atoms with van der Waals surface area (Å²) < 4.78 is 4.95. The summed E-state index contributed by atoms with van der Waals surface area (Å²) in [6.07, 6.45) is 0. The molecule has 1 atom stereocenters. The smallest absolute Gasteiger partial charge is 0.338 e. The van der Waals surface area contributed by atoms with Crippen LogP contribution in [0.4, 0.5) is 0 Å². The van der Waals surface area contributed by atoms with Gasteiger partial charge in [0.15, 0.2) is 5.78 Å². The molecule has 1 unspecified atom stereocenters. The van der Waals surface area contributed by atoms with Crippen LogP contribution in [0, 0.1) is 0 Å². The van der Waals surface area contributed by atoms with Gasteiger partial charge in [0.25, 0.3) is 0 Å². The first-order chi connectivity index (χ1) is 8.52. The van der Waals surface area contributed by atoms with Crippen molar-refractivity contribution in [3.8, 4) is 0 Å². The predicted octanol–water partition coefficient (Wildman–Crippen LogP) is 3.57. The first-order valence-electron chi connectivity index (χ1n) is 5.56. The number of Topliss-reactive ketones (excluding diaryl/α,β-unsaturated/α-hetero) is 1. The van der Waals surface area contributed by atoms with Crippen LogP contribution in [0.5, 0.6) is 0 Å². The van der Waals surface area contributed by atoms with Crippen molar-refractivity contribution in [2.75, 3.05) is 6.61 Å². The van der Waals surface area contributed by atoms with Gasteiger partial charge in [-0.2, -0.15) is 0 Å². The fourth-order valence-corrected chi connectivity index (χ4v) is 2.11. The van der Waals surface area contributed by atoms with Crippen LogP contribution < -0.4 is 0 Å². The Labute approximate surface area is 120 Å². The number of benzene rings is 1. The van der Waals surface area contributed by atoms with E-state index in [-0.39, 0.29) is 23.1 Å². The van der Waals surface area contributed by atoms with Crippen molar-refractivity contribution in [2.24, 2.45) is 0 Å². The summed E-state index contributed by atoms with van der Waals surface area (Å²) >= 11 is 9.08. The molecule has 0 aliphatic heterocycles. The summed E-state index contributed by atoms with van der Waals surface area (Å²) in [5.74, 6) is -0.461. The van der Waals surface area contributed by atoms with Gasteiger partial charge in [0, 0.05) is 11.4 Å².